The lowest BCUT2D eigenvalue weighted by Crippen LogP contribution is -2.30. The molecule has 0 unspecified atom stereocenters. The quantitative estimate of drug-likeness (QED) is 0.453. The molecule has 0 N–H and O–H groups in total. The Morgan fingerprint density at radius 2 is 1.93 bits per heavy atom. The van der Waals surface area contributed by atoms with E-state index in [0.29, 0.717) is 6.01 Å². The molecule has 5 heteroatoms. The Bertz CT molecular complexity index is 325. The summed E-state index contributed by atoms with van der Waals surface area (Å²) in [6.07, 6.45) is 2.00. The van der Waals surface area contributed by atoms with Crippen LogP contribution in [-0.2, 0) is 0 Å². The highest BCUT2D eigenvalue weighted by molar-refractivity contribution is 7.98. The highest BCUT2D eigenvalue weighted by atomic mass is 32.2. The molecule has 0 fully saturated rings. The van der Waals surface area contributed by atoms with E-state index in [1.165, 1.54) is 0 Å². The van der Waals surface area contributed by atoms with E-state index in [1.54, 1.807) is 11.8 Å². The summed E-state index contributed by atoms with van der Waals surface area (Å²) in [4.78, 5) is 8.56. The summed E-state index contributed by atoms with van der Waals surface area (Å²) in [7, 11) is -1.59. The van der Waals surface area contributed by atoms with Crippen molar-refractivity contribution < 1.29 is 4.43 Å². The van der Waals surface area contributed by atoms with Gasteiger partial charge in [-0.1, -0.05) is 0 Å². The van der Waals surface area contributed by atoms with E-state index in [2.05, 4.69) is 29.6 Å². The molecule has 14 heavy (non-hydrogen) atoms. The Kier molecular flexibility index (Phi) is 3.55. The van der Waals surface area contributed by atoms with Crippen LogP contribution in [0.1, 0.15) is 5.69 Å². The molecular weight excluding hydrogens is 212 g/mol. The minimum absolute atomic E-state index is 0.522. The molecule has 0 spiro atoms. The molecule has 0 radical (unpaired) electrons. The summed E-state index contributed by atoms with van der Waals surface area (Å²) in [5.74, 6) is 0. The first kappa shape index (κ1) is 11.5. The van der Waals surface area contributed by atoms with E-state index in [1.807, 2.05) is 19.2 Å². The second-order valence-electron chi connectivity index (χ2n) is 4.05. The van der Waals surface area contributed by atoms with Crippen LogP contribution in [0.2, 0.25) is 19.6 Å². The fourth-order valence-electron chi connectivity index (χ4n) is 0.937. The number of aryl methyl sites for hydroxylation is 1. The normalized spacial score (nSPS) is 11.5. The van der Waals surface area contributed by atoms with Crippen LogP contribution in [0.3, 0.4) is 0 Å². The lowest BCUT2D eigenvalue weighted by Gasteiger charge is -2.17. The van der Waals surface area contributed by atoms with Crippen LogP contribution in [0.4, 0.5) is 0 Å². The van der Waals surface area contributed by atoms with Gasteiger partial charge in [-0.3, -0.25) is 0 Å². The van der Waals surface area contributed by atoms with Gasteiger partial charge in [-0.25, -0.2) is 4.98 Å². The zero-order valence-corrected chi connectivity index (χ0v) is 11.1. The van der Waals surface area contributed by atoms with Crippen LogP contribution in [0.5, 0.6) is 6.01 Å². The van der Waals surface area contributed by atoms with Gasteiger partial charge in [0.25, 0.3) is 0 Å². The van der Waals surface area contributed by atoms with Gasteiger partial charge < -0.3 is 4.43 Å². The third-order valence-corrected chi connectivity index (χ3v) is 2.84. The van der Waals surface area contributed by atoms with Crippen LogP contribution < -0.4 is 4.43 Å². The molecule has 1 aromatic rings. The minimum Gasteiger partial charge on any atom is -0.518 e. The average molecular weight is 228 g/mol. The molecule has 0 amide bonds. The number of rotatable bonds is 3. The van der Waals surface area contributed by atoms with Crippen molar-refractivity contribution in [3.63, 3.8) is 0 Å². The Hall–Kier alpha value is -0.553. The fraction of sp³-hybridized carbons (Fsp3) is 0.556. The fourth-order valence-corrected chi connectivity index (χ4v) is 2.03. The van der Waals surface area contributed by atoms with Crippen molar-refractivity contribution in [3.8, 4) is 6.01 Å². The standard InChI is InChI=1S/C9H16N2OSSi/c1-7-6-8(13-2)11-9(10-7)12-14(3,4)5/h6H,1-5H3. The number of aromatic nitrogens is 2. The van der Waals surface area contributed by atoms with Gasteiger partial charge in [-0.15, -0.1) is 11.8 Å². The molecule has 1 heterocycles. The summed E-state index contributed by atoms with van der Waals surface area (Å²) in [6, 6.07) is 2.48. The summed E-state index contributed by atoms with van der Waals surface area (Å²) in [6.45, 7) is 8.32. The van der Waals surface area contributed by atoms with Crippen LogP contribution in [0, 0.1) is 6.92 Å². The van der Waals surface area contributed by atoms with E-state index < -0.39 is 8.32 Å². The minimum atomic E-state index is -1.59. The first-order valence-corrected chi connectivity index (χ1v) is 9.13. The summed E-state index contributed by atoms with van der Waals surface area (Å²) in [5.41, 5.74) is 0.956. The van der Waals surface area contributed by atoms with Gasteiger partial charge in [0, 0.05) is 5.69 Å². The van der Waals surface area contributed by atoms with Crippen LogP contribution in [-0.4, -0.2) is 24.5 Å². The van der Waals surface area contributed by atoms with Crippen LogP contribution in [0.15, 0.2) is 11.1 Å². The molecule has 78 valence electrons. The second kappa shape index (κ2) is 4.31. The number of nitrogens with zero attached hydrogens (tertiary/aromatic N) is 2. The molecule has 0 saturated carbocycles. The van der Waals surface area contributed by atoms with Crippen molar-refractivity contribution in [3.05, 3.63) is 11.8 Å². The summed E-state index contributed by atoms with van der Waals surface area (Å²) in [5, 5.41) is 0.964. The van der Waals surface area contributed by atoms with Gasteiger partial charge in [0.05, 0.1) is 0 Å². The van der Waals surface area contributed by atoms with Crippen molar-refractivity contribution in [1.29, 1.82) is 0 Å². The monoisotopic (exact) mass is 228 g/mol. The van der Waals surface area contributed by atoms with Crippen molar-refractivity contribution >= 4 is 20.1 Å². The molecule has 1 rings (SSSR count). The van der Waals surface area contributed by atoms with Crippen molar-refractivity contribution in [2.75, 3.05) is 6.26 Å². The molecule has 0 aliphatic carbocycles. The van der Waals surface area contributed by atoms with Crippen molar-refractivity contribution in [1.82, 2.24) is 9.97 Å². The van der Waals surface area contributed by atoms with Crippen molar-refractivity contribution in [2.24, 2.45) is 0 Å². The van der Waals surface area contributed by atoms with Crippen LogP contribution >= 0.6 is 11.8 Å². The number of hydrogen-bond donors (Lipinski definition) is 0. The molecule has 0 bridgehead atoms. The largest absolute Gasteiger partial charge is 0.518 e. The summed E-state index contributed by atoms with van der Waals surface area (Å²) >= 11 is 1.61. The van der Waals surface area contributed by atoms with E-state index in [9.17, 15) is 0 Å². The number of hydrogen-bond acceptors (Lipinski definition) is 4. The van der Waals surface area contributed by atoms with Gasteiger partial charge in [-0.05, 0) is 38.9 Å². The lowest BCUT2D eigenvalue weighted by atomic mass is 10.5. The Morgan fingerprint density at radius 3 is 2.43 bits per heavy atom. The highest BCUT2D eigenvalue weighted by Gasteiger charge is 2.18. The zero-order chi connectivity index (χ0) is 10.8. The maximum atomic E-state index is 5.73. The maximum absolute atomic E-state index is 5.73. The predicted molar refractivity (Wildman–Crippen MR) is 62.5 cm³/mol. The van der Waals surface area contributed by atoms with Gasteiger partial charge in [-0.2, -0.15) is 4.98 Å². The SMILES string of the molecule is CSc1cc(C)nc(O[Si](C)(C)C)n1. The predicted octanol–water partition coefficient (Wildman–Crippen LogP) is 2.72. The van der Waals surface area contributed by atoms with Gasteiger partial charge in [0.1, 0.15) is 5.03 Å². The van der Waals surface area contributed by atoms with E-state index in [-0.39, 0.29) is 0 Å². The molecule has 0 atom stereocenters. The molecular formula is C9H16N2OSSi. The summed E-state index contributed by atoms with van der Waals surface area (Å²) < 4.78 is 5.73. The molecule has 3 nitrogen and oxygen atoms in total. The third-order valence-electron chi connectivity index (χ3n) is 1.42. The average Bonchev–Trinajstić information content (AvgIpc) is 1.99. The van der Waals surface area contributed by atoms with E-state index >= 15 is 0 Å². The van der Waals surface area contributed by atoms with Crippen molar-refractivity contribution in [2.45, 2.75) is 31.6 Å². The first-order chi connectivity index (χ1) is 6.40. The van der Waals surface area contributed by atoms with Crippen LogP contribution in [0.25, 0.3) is 0 Å². The first-order valence-electron chi connectivity index (χ1n) is 4.49. The Labute approximate surface area is 90.4 Å². The van der Waals surface area contributed by atoms with E-state index in [0.717, 1.165) is 10.7 Å². The van der Waals surface area contributed by atoms with E-state index in [4.69, 9.17) is 4.43 Å². The molecule has 0 saturated heterocycles. The Balaban J connectivity index is 2.92. The maximum Gasteiger partial charge on any atom is 0.303 e. The topological polar surface area (TPSA) is 35.0 Å². The molecule has 1 aromatic heterocycles. The molecule has 0 aliphatic heterocycles. The molecule has 0 aromatic carbocycles. The van der Waals surface area contributed by atoms with Gasteiger partial charge in [0.2, 0.25) is 8.32 Å². The smallest absolute Gasteiger partial charge is 0.303 e. The second-order valence-corrected chi connectivity index (χ2v) is 9.30. The highest BCUT2D eigenvalue weighted by Crippen LogP contribution is 2.17. The Morgan fingerprint density at radius 1 is 1.29 bits per heavy atom. The molecule has 0 aliphatic rings. The van der Waals surface area contributed by atoms with Gasteiger partial charge >= 0.3 is 6.01 Å². The number of thioether (sulfide) groups is 1. The lowest BCUT2D eigenvalue weighted by molar-refractivity contribution is 0.500. The zero-order valence-electron chi connectivity index (χ0n) is 9.29. The third kappa shape index (κ3) is 3.67. The van der Waals surface area contributed by atoms with Gasteiger partial charge in [0.15, 0.2) is 0 Å².